The minimum absolute atomic E-state index is 0. The van der Waals surface area contributed by atoms with Gasteiger partial charge in [-0.15, -0.1) is 0 Å². The first-order chi connectivity index (χ1) is 0. The van der Waals surface area contributed by atoms with Gasteiger partial charge in [0, 0.05) is 0 Å². The first-order valence-corrected chi connectivity index (χ1v) is 0. The molecular weight excluding hydrogens is 142 g/mol. The molecule has 0 unspecified atom stereocenters. The summed E-state index contributed by atoms with van der Waals surface area (Å²) in [4.78, 5) is 0. The van der Waals surface area contributed by atoms with Crippen molar-refractivity contribution in [3.05, 3.63) is 0 Å². The van der Waals surface area contributed by atoms with E-state index in [4.69, 9.17) is 0 Å². The molecule has 0 aromatic carbocycles. The predicted octanol–water partition coefficient (Wildman–Crippen LogP) is -3.95. The molecule has 0 spiro atoms. The fourth-order valence-electron chi connectivity index (χ4n) is 0. The molecule has 0 aliphatic rings. The van der Waals surface area contributed by atoms with Gasteiger partial charge in [-0.05, 0) is 0 Å². The van der Waals surface area contributed by atoms with Crippen molar-refractivity contribution in [3.63, 3.8) is 0 Å². The third-order valence-electron chi connectivity index (χ3n) is 0. The van der Waals surface area contributed by atoms with Crippen molar-refractivity contribution in [2.45, 2.75) is 0 Å². The Morgan fingerprint density at radius 1 is 1.00 bits per heavy atom. The SMILES string of the molecule is O.[CaH2].[KH].[MgH2].[NaH]. The van der Waals surface area contributed by atoms with E-state index in [-0.39, 0.29) is 147 Å². The van der Waals surface area contributed by atoms with Gasteiger partial charge in [0.1, 0.15) is 0 Å². The zero-order valence-corrected chi connectivity index (χ0v) is 0.500. The van der Waals surface area contributed by atoms with Gasteiger partial charge >= 0.3 is 142 Å². The van der Waals surface area contributed by atoms with Crippen molar-refractivity contribution in [1.82, 2.24) is 0 Å². The summed E-state index contributed by atoms with van der Waals surface area (Å²) in [6.07, 6.45) is 0. The van der Waals surface area contributed by atoms with Crippen LogP contribution < -0.4 is 0 Å². The molecule has 0 bridgehead atoms. The van der Waals surface area contributed by atoms with Gasteiger partial charge in [-0.2, -0.15) is 0 Å². The molecule has 1 nitrogen and oxygen atoms in total. The van der Waals surface area contributed by atoms with Gasteiger partial charge in [0.25, 0.3) is 0 Å². The van der Waals surface area contributed by atoms with Gasteiger partial charge in [0.05, 0.1) is 0 Å². The molecule has 0 radical (unpaired) electrons. The van der Waals surface area contributed by atoms with E-state index in [2.05, 4.69) is 0 Å². The molecule has 0 saturated carbocycles. The summed E-state index contributed by atoms with van der Waals surface area (Å²) in [5.74, 6) is 0. The van der Waals surface area contributed by atoms with E-state index in [0.29, 0.717) is 0 Å². The molecule has 5 heavy (non-hydrogen) atoms. The molecule has 0 saturated heterocycles. The average Bonchev–Trinajstić information content (AvgIpc) is 0. The third kappa shape index (κ3) is 17.7. The van der Waals surface area contributed by atoms with Crippen LogP contribution in [0.2, 0.25) is 0 Å². The van der Waals surface area contributed by atoms with E-state index >= 15 is 0 Å². The van der Waals surface area contributed by atoms with E-state index in [0.717, 1.165) is 0 Å². The summed E-state index contributed by atoms with van der Waals surface area (Å²) in [7, 11) is 0. The van der Waals surface area contributed by atoms with E-state index in [1.165, 1.54) is 0 Å². The molecule has 0 rings (SSSR count). The first kappa shape index (κ1) is 33.5. The average molecular weight is 151 g/mol. The first-order valence-electron chi connectivity index (χ1n) is 0. The summed E-state index contributed by atoms with van der Waals surface area (Å²) in [5.41, 5.74) is 0. The van der Waals surface area contributed by atoms with E-state index in [1.807, 2.05) is 0 Å². The van der Waals surface area contributed by atoms with Crippen LogP contribution in [0.3, 0.4) is 0 Å². The topological polar surface area (TPSA) is 31.5 Å². The third-order valence-corrected chi connectivity index (χ3v) is 0. The Balaban J connectivity index is 0. The second-order valence-corrected chi connectivity index (χ2v) is 0. The van der Waals surface area contributed by atoms with Gasteiger partial charge in [-0.1, -0.05) is 0 Å². The zero-order valence-electron chi connectivity index (χ0n) is 0.500. The second-order valence-electron chi connectivity index (χ2n) is 0. The summed E-state index contributed by atoms with van der Waals surface area (Å²) < 4.78 is 0. The van der Waals surface area contributed by atoms with Crippen LogP contribution in [-0.2, 0) is 0 Å². The molecule has 0 heterocycles. The van der Waals surface area contributed by atoms with Crippen molar-refractivity contribution in [2.75, 3.05) is 0 Å². The minimum atomic E-state index is 0. The van der Waals surface area contributed by atoms with Crippen molar-refractivity contribution >= 4 is 142 Å². The van der Waals surface area contributed by atoms with Crippen molar-refractivity contribution in [3.8, 4) is 0 Å². The molecule has 0 aromatic rings. The van der Waals surface area contributed by atoms with Crippen molar-refractivity contribution < 1.29 is 5.48 Å². The Bertz CT molecular complexity index is 11.6. The molecule has 0 aliphatic carbocycles. The summed E-state index contributed by atoms with van der Waals surface area (Å²) in [6.45, 7) is 0. The molecule has 5 heteroatoms. The molecule has 0 amide bonds. The zero-order chi connectivity index (χ0) is 0. The maximum atomic E-state index is 0. The van der Waals surface area contributed by atoms with Crippen LogP contribution in [0.4, 0.5) is 0 Å². The van der Waals surface area contributed by atoms with Crippen LogP contribution in [0.25, 0.3) is 0 Å². The standard InChI is InChI=1S/Ca.K.Mg.Na.H2O.6H/h;;;;1H2;;;;;;. The van der Waals surface area contributed by atoms with Crippen LogP contribution >= 0.6 is 0 Å². The van der Waals surface area contributed by atoms with Crippen molar-refractivity contribution in [2.24, 2.45) is 0 Å². The Morgan fingerprint density at radius 3 is 1.00 bits per heavy atom. The Hall–Kier alpha value is 4.62. The molecule has 2 N–H and O–H groups in total. The van der Waals surface area contributed by atoms with Gasteiger partial charge in [-0.3, -0.25) is 0 Å². The maximum absolute atomic E-state index is 0. The van der Waals surface area contributed by atoms with Gasteiger partial charge in [0.2, 0.25) is 0 Å². The summed E-state index contributed by atoms with van der Waals surface area (Å²) in [6, 6.07) is 0. The van der Waals surface area contributed by atoms with Crippen LogP contribution in [0, 0.1) is 0 Å². The molecule has 0 aliphatic heterocycles. The summed E-state index contributed by atoms with van der Waals surface area (Å²) in [5, 5.41) is 0. The van der Waals surface area contributed by atoms with Crippen LogP contribution in [0.1, 0.15) is 0 Å². The van der Waals surface area contributed by atoms with E-state index in [9.17, 15) is 0 Å². The van der Waals surface area contributed by atoms with E-state index in [1.54, 1.807) is 0 Å². The fraction of sp³-hybridized carbons (Fsp3) is 0. The second kappa shape index (κ2) is 23.4. The fourth-order valence-corrected chi connectivity index (χ4v) is 0. The monoisotopic (exact) mass is 150 g/mol. The number of hydrogen-bond donors (Lipinski definition) is 0. The van der Waals surface area contributed by atoms with Gasteiger partial charge in [-0.25, -0.2) is 0 Å². The van der Waals surface area contributed by atoms with Crippen LogP contribution in [-0.4, -0.2) is 147 Å². The normalized spacial score (nSPS) is 0. The molecular formula is H8CaKMgNaO. The molecule has 0 atom stereocenters. The Labute approximate surface area is 143 Å². The molecule has 20 valence electrons. The summed E-state index contributed by atoms with van der Waals surface area (Å²) >= 11 is 0. The van der Waals surface area contributed by atoms with Crippen molar-refractivity contribution in [1.29, 1.82) is 0 Å². The quantitative estimate of drug-likeness (QED) is 0.316. The Morgan fingerprint density at radius 2 is 1.00 bits per heavy atom. The Kier molecular flexibility index (Phi) is 157. The number of hydrogen-bond acceptors (Lipinski definition) is 0. The van der Waals surface area contributed by atoms with Gasteiger partial charge in [0.15, 0.2) is 0 Å². The molecule has 0 aromatic heterocycles. The van der Waals surface area contributed by atoms with Crippen LogP contribution in [0.15, 0.2) is 0 Å². The molecule has 0 fully saturated rings. The van der Waals surface area contributed by atoms with Crippen LogP contribution in [0.5, 0.6) is 0 Å². The van der Waals surface area contributed by atoms with Gasteiger partial charge < -0.3 is 5.48 Å². The predicted molar refractivity (Wildman–Crippen MR) is 35.0 cm³/mol. The number of rotatable bonds is 0. The van der Waals surface area contributed by atoms with E-state index < -0.39 is 0 Å².